The predicted molar refractivity (Wildman–Crippen MR) is 64.5 cm³/mol. The molecule has 1 aliphatic rings. The van der Waals surface area contributed by atoms with Gasteiger partial charge in [0, 0.05) is 6.07 Å². The lowest BCUT2D eigenvalue weighted by Gasteiger charge is -2.28. The van der Waals surface area contributed by atoms with Crippen LogP contribution in [0.4, 0.5) is 14.9 Å². The van der Waals surface area contributed by atoms with Gasteiger partial charge in [-0.3, -0.25) is 4.90 Å². The number of anilines is 1. The highest BCUT2D eigenvalue weighted by Crippen LogP contribution is 2.35. The topological polar surface area (TPSA) is 61.8 Å². The molecule has 2 rings (SSSR count). The van der Waals surface area contributed by atoms with Gasteiger partial charge in [-0.2, -0.15) is 0 Å². The predicted octanol–water partition coefficient (Wildman–Crippen LogP) is 1.73. The maximum absolute atomic E-state index is 13.9. The Morgan fingerprint density at radius 1 is 1.61 bits per heavy atom. The summed E-state index contributed by atoms with van der Waals surface area (Å²) in [6, 6.07) is 1.73. The van der Waals surface area contributed by atoms with E-state index in [1.807, 2.05) is 0 Å². The number of amides is 2. The Kier molecular flexibility index (Phi) is 3.08. The lowest BCUT2D eigenvalue weighted by atomic mass is 10.2. The van der Waals surface area contributed by atoms with Crippen LogP contribution in [0.3, 0.4) is 0 Å². The van der Waals surface area contributed by atoms with Gasteiger partial charge in [0.15, 0.2) is 5.72 Å². The number of hydrogen-bond acceptors (Lipinski definition) is 3. The van der Waals surface area contributed by atoms with E-state index in [0.717, 1.165) is 11.0 Å². The number of β-amino-alcohol motifs (C(OH)–C–C–N with tert-alkyl or cyclic N) is 1. The lowest BCUT2D eigenvalue weighted by molar-refractivity contribution is 0.0852. The molecule has 0 spiro atoms. The minimum absolute atomic E-state index is 0.0101. The van der Waals surface area contributed by atoms with Crippen molar-refractivity contribution in [2.45, 2.75) is 12.6 Å². The first kappa shape index (κ1) is 12.9. The number of hydrogen-bond donors (Lipinski definition) is 2. The highest BCUT2D eigenvalue weighted by Gasteiger charge is 2.42. The highest BCUT2D eigenvalue weighted by molar-refractivity contribution is 6.32. The fourth-order valence-electron chi connectivity index (χ4n) is 1.83. The summed E-state index contributed by atoms with van der Waals surface area (Å²) in [5, 5.41) is 12.6. The molecule has 5 nitrogen and oxygen atoms in total. The van der Waals surface area contributed by atoms with Gasteiger partial charge in [0.1, 0.15) is 11.6 Å². The molecule has 98 valence electrons. The molecule has 18 heavy (non-hydrogen) atoms. The van der Waals surface area contributed by atoms with Crippen LogP contribution in [0.5, 0.6) is 5.75 Å². The van der Waals surface area contributed by atoms with Gasteiger partial charge in [0.2, 0.25) is 0 Å². The summed E-state index contributed by atoms with van der Waals surface area (Å²) in [5.41, 5.74) is -1.59. The number of methoxy groups -OCH3 is 1. The molecule has 2 amide bonds. The molecule has 0 radical (unpaired) electrons. The van der Waals surface area contributed by atoms with Crippen LogP contribution >= 0.6 is 11.6 Å². The number of carbonyl (C=O) groups excluding carboxylic acids is 1. The Morgan fingerprint density at radius 3 is 2.78 bits per heavy atom. The molecule has 1 saturated heterocycles. The van der Waals surface area contributed by atoms with Crippen molar-refractivity contribution in [3.8, 4) is 5.75 Å². The first-order valence-corrected chi connectivity index (χ1v) is 5.58. The molecule has 0 aromatic heterocycles. The van der Waals surface area contributed by atoms with E-state index in [-0.39, 0.29) is 23.0 Å². The number of rotatable bonds is 2. The van der Waals surface area contributed by atoms with Crippen molar-refractivity contribution in [2.24, 2.45) is 0 Å². The van der Waals surface area contributed by atoms with Crippen molar-refractivity contribution in [1.29, 1.82) is 0 Å². The normalized spacial score (nSPS) is 23.2. The van der Waals surface area contributed by atoms with E-state index in [2.05, 4.69) is 5.32 Å². The summed E-state index contributed by atoms with van der Waals surface area (Å²) in [6.07, 6.45) is 0. The number of nitrogens with zero attached hydrogens (tertiary/aromatic N) is 1. The van der Waals surface area contributed by atoms with Crippen molar-refractivity contribution in [3.63, 3.8) is 0 Å². The number of halogens is 2. The lowest BCUT2D eigenvalue weighted by Crippen LogP contribution is -2.45. The maximum Gasteiger partial charge on any atom is 0.324 e. The molecule has 0 aliphatic carbocycles. The van der Waals surface area contributed by atoms with Crippen molar-refractivity contribution in [1.82, 2.24) is 5.32 Å². The summed E-state index contributed by atoms with van der Waals surface area (Å²) >= 11 is 5.77. The molecule has 1 heterocycles. The van der Waals surface area contributed by atoms with E-state index < -0.39 is 17.6 Å². The molecule has 1 aliphatic heterocycles. The zero-order valence-corrected chi connectivity index (χ0v) is 10.6. The van der Waals surface area contributed by atoms with Crippen molar-refractivity contribution in [2.75, 3.05) is 18.6 Å². The minimum atomic E-state index is -1.50. The summed E-state index contributed by atoms with van der Waals surface area (Å²) < 4.78 is 18.8. The Hall–Kier alpha value is -1.53. The zero-order valence-electron chi connectivity index (χ0n) is 9.83. The first-order chi connectivity index (χ1) is 8.36. The van der Waals surface area contributed by atoms with Gasteiger partial charge >= 0.3 is 6.03 Å². The van der Waals surface area contributed by atoms with E-state index in [0.29, 0.717) is 0 Å². The molecule has 1 fully saturated rings. The number of benzene rings is 1. The van der Waals surface area contributed by atoms with E-state index >= 15 is 0 Å². The molecule has 1 unspecified atom stereocenters. The maximum atomic E-state index is 13.9. The Balaban J connectivity index is 2.54. The van der Waals surface area contributed by atoms with Gasteiger partial charge in [-0.05, 0) is 13.0 Å². The van der Waals surface area contributed by atoms with Gasteiger partial charge in [-0.15, -0.1) is 0 Å². The third-order valence-electron chi connectivity index (χ3n) is 2.72. The molecule has 0 bridgehead atoms. The third-order valence-corrected chi connectivity index (χ3v) is 3.02. The number of nitrogens with one attached hydrogen (secondary N) is 1. The second-order valence-electron chi connectivity index (χ2n) is 4.15. The molecule has 1 atom stereocenters. The van der Waals surface area contributed by atoms with Crippen LogP contribution in [-0.4, -0.2) is 30.5 Å². The molecule has 2 N–H and O–H groups in total. The Bertz CT molecular complexity index is 507. The first-order valence-electron chi connectivity index (χ1n) is 5.20. The third kappa shape index (κ3) is 1.97. The Morgan fingerprint density at radius 2 is 2.28 bits per heavy atom. The molecule has 1 aromatic rings. The number of ether oxygens (including phenoxy) is 1. The van der Waals surface area contributed by atoms with Crippen LogP contribution < -0.4 is 15.0 Å². The quantitative estimate of drug-likeness (QED) is 0.863. The molecule has 1 aromatic carbocycles. The van der Waals surface area contributed by atoms with Crippen LogP contribution in [0.15, 0.2) is 12.1 Å². The van der Waals surface area contributed by atoms with Gasteiger partial charge in [0.25, 0.3) is 0 Å². The summed E-state index contributed by atoms with van der Waals surface area (Å²) in [6.45, 7) is 1.42. The van der Waals surface area contributed by atoms with E-state index in [4.69, 9.17) is 16.3 Å². The molecule has 7 heteroatoms. The van der Waals surface area contributed by atoms with Crippen LogP contribution in [0, 0.1) is 5.82 Å². The number of carbonyl (C=O) groups is 1. The second kappa shape index (κ2) is 4.29. The van der Waals surface area contributed by atoms with Gasteiger partial charge in [-0.25, -0.2) is 9.18 Å². The average Bonchev–Trinajstić information content (AvgIpc) is 2.55. The Labute approximate surface area is 108 Å². The van der Waals surface area contributed by atoms with Gasteiger partial charge in [0.05, 0.1) is 24.4 Å². The summed E-state index contributed by atoms with van der Waals surface area (Å²) in [5.74, 6) is -0.485. The van der Waals surface area contributed by atoms with Crippen molar-refractivity contribution in [3.05, 3.63) is 23.0 Å². The minimum Gasteiger partial charge on any atom is -0.495 e. The summed E-state index contributed by atoms with van der Waals surface area (Å²) in [4.78, 5) is 12.6. The number of urea groups is 1. The monoisotopic (exact) mass is 274 g/mol. The smallest absolute Gasteiger partial charge is 0.324 e. The van der Waals surface area contributed by atoms with Gasteiger partial charge in [-0.1, -0.05) is 11.6 Å². The summed E-state index contributed by atoms with van der Waals surface area (Å²) in [7, 11) is 1.38. The van der Waals surface area contributed by atoms with E-state index in [1.165, 1.54) is 20.1 Å². The standard InChI is InChI=1S/C11H12ClFN2O3/c1-11(17)5-14-10(16)15(11)8-4-9(18-2)6(12)3-7(8)13/h3-4,17H,5H2,1-2H3,(H,14,16). The van der Waals surface area contributed by atoms with E-state index in [1.54, 1.807) is 0 Å². The molecule has 0 saturated carbocycles. The van der Waals surface area contributed by atoms with Crippen LogP contribution in [0.25, 0.3) is 0 Å². The molecular weight excluding hydrogens is 263 g/mol. The average molecular weight is 275 g/mol. The SMILES string of the molecule is COc1cc(N2C(=O)NCC2(C)O)c(F)cc1Cl. The van der Waals surface area contributed by atoms with Crippen LogP contribution in [-0.2, 0) is 0 Å². The largest absolute Gasteiger partial charge is 0.495 e. The fourth-order valence-corrected chi connectivity index (χ4v) is 2.06. The molecular formula is C11H12ClFN2O3. The fraction of sp³-hybridized carbons (Fsp3) is 0.364. The van der Waals surface area contributed by atoms with Crippen molar-refractivity contribution >= 4 is 23.3 Å². The highest BCUT2D eigenvalue weighted by atomic mass is 35.5. The van der Waals surface area contributed by atoms with Crippen LogP contribution in [0.2, 0.25) is 5.02 Å². The van der Waals surface area contributed by atoms with E-state index in [9.17, 15) is 14.3 Å². The van der Waals surface area contributed by atoms with Gasteiger partial charge < -0.3 is 15.2 Å². The number of aliphatic hydroxyl groups is 1. The second-order valence-corrected chi connectivity index (χ2v) is 4.56. The van der Waals surface area contributed by atoms with Crippen LogP contribution in [0.1, 0.15) is 6.92 Å². The van der Waals surface area contributed by atoms with Crippen molar-refractivity contribution < 1.29 is 19.0 Å². The zero-order chi connectivity index (χ0) is 13.5.